The van der Waals surface area contributed by atoms with E-state index in [9.17, 15) is 0 Å². The Hall–Kier alpha value is -0.720. The molecule has 0 radical (unpaired) electrons. The van der Waals surface area contributed by atoms with E-state index in [1.54, 1.807) is 0 Å². The first-order valence-electron chi connectivity index (χ1n) is 2.70. The Kier molecular flexibility index (Phi) is 4.04. The molecule has 0 aliphatic heterocycles. The number of hydrogen-bond acceptors (Lipinski definition) is 1. The summed E-state index contributed by atoms with van der Waals surface area (Å²) in [6.07, 6.45) is 5.53. The molecule has 0 aliphatic rings. The maximum atomic E-state index is 4.96. The number of rotatable bonds is 3. The van der Waals surface area contributed by atoms with Gasteiger partial charge < -0.3 is 4.74 Å². The van der Waals surface area contributed by atoms with Crippen LogP contribution in [0.15, 0.2) is 25.0 Å². The quantitative estimate of drug-likeness (QED) is 0.401. The van der Waals surface area contributed by atoms with Gasteiger partial charge in [-0.2, -0.15) is 0 Å². The minimum Gasteiger partial charge on any atom is -0.495 e. The standard InChI is InChI=1S/C7H12O/c1-4-6-7(3)8-5-2/h4-7H,2H2,1,3H3/b6-4+/t7-/m0/s1. The summed E-state index contributed by atoms with van der Waals surface area (Å²) < 4.78 is 4.96. The Bertz CT molecular complexity index is 84.4. The largest absolute Gasteiger partial charge is 0.495 e. The van der Waals surface area contributed by atoms with Crippen LogP contribution in [0.3, 0.4) is 0 Å². The van der Waals surface area contributed by atoms with Gasteiger partial charge in [0.25, 0.3) is 0 Å². The van der Waals surface area contributed by atoms with Crippen molar-refractivity contribution in [2.75, 3.05) is 0 Å². The highest BCUT2D eigenvalue weighted by molar-refractivity contribution is 4.84. The van der Waals surface area contributed by atoms with Crippen LogP contribution in [0.2, 0.25) is 0 Å². The summed E-state index contributed by atoms with van der Waals surface area (Å²) in [5, 5.41) is 0. The molecule has 0 aromatic carbocycles. The fourth-order valence-electron chi connectivity index (χ4n) is 0.468. The van der Waals surface area contributed by atoms with E-state index < -0.39 is 0 Å². The smallest absolute Gasteiger partial charge is 0.113 e. The van der Waals surface area contributed by atoms with Crippen LogP contribution >= 0.6 is 0 Å². The van der Waals surface area contributed by atoms with Crippen molar-refractivity contribution in [2.24, 2.45) is 0 Å². The van der Waals surface area contributed by atoms with Crippen LogP contribution in [0.1, 0.15) is 13.8 Å². The third-order valence-corrected chi connectivity index (χ3v) is 0.774. The van der Waals surface area contributed by atoms with Gasteiger partial charge in [0, 0.05) is 0 Å². The van der Waals surface area contributed by atoms with Crippen LogP contribution in [0.5, 0.6) is 0 Å². The highest BCUT2D eigenvalue weighted by atomic mass is 16.5. The van der Waals surface area contributed by atoms with Gasteiger partial charge in [-0.25, -0.2) is 0 Å². The first-order valence-corrected chi connectivity index (χ1v) is 2.70. The van der Waals surface area contributed by atoms with Crippen molar-refractivity contribution >= 4 is 0 Å². The Morgan fingerprint density at radius 2 is 2.25 bits per heavy atom. The molecule has 0 amide bonds. The van der Waals surface area contributed by atoms with Gasteiger partial charge in [0.2, 0.25) is 0 Å². The molecule has 0 N–H and O–H groups in total. The average Bonchev–Trinajstić information content (AvgIpc) is 1.68. The molecule has 0 aromatic rings. The molecule has 46 valence electrons. The van der Waals surface area contributed by atoms with Crippen molar-refractivity contribution in [1.82, 2.24) is 0 Å². The zero-order chi connectivity index (χ0) is 6.41. The van der Waals surface area contributed by atoms with Crippen molar-refractivity contribution in [3.05, 3.63) is 25.0 Å². The van der Waals surface area contributed by atoms with Gasteiger partial charge in [-0.1, -0.05) is 12.7 Å². The Labute approximate surface area is 50.7 Å². The van der Waals surface area contributed by atoms with Crippen LogP contribution in [-0.2, 0) is 4.74 Å². The molecule has 0 saturated heterocycles. The highest BCUT2D eigenvalue weighted by Crippen LogP contribution is 1.90. The fourth-order valence-corrected chi connectivity index (χ4v) is 0.468. The minimum atomic E-state index is 0.164. The van der Waals surface area contributed by atoms with Crippen molar-refractivity contribution in [3.8, 4) is 0 Å². The van der Waals surface area contributed by atoms with E-state index in [4.69, 9.17) is 4.74 Å². The first-order chi connectivity index (χ1) is 3.81. The third kappa shape index (κ3) is 3.47. The molecule has 0 fully saturated rings. The van der Waals surface area contributed by atoms with Gasteiger partial charge in [0.1, 0.15) is 6.10 Å². The van der Waals surface area contributed by atoms with E-state index in [0.29, 0.717) is 0 Å². The number of allylic oxidation sites excluding steroid dienone is 1. The van der Waals surface area contributed by atoms with Gasteiger partial charge in [-0.05, 0) is 19.9 Å². The lowest BCUT2D eigenvalue weighted by Gasteiger charge is -2.02. The predicted molar refractivity (Wildman–Crippen MR) is 35.6 cm³/mol. The zero-order valence-corrected chi connectivity index (χ0v) is 5.42. The van der Waals surface area contributed by atoms with Crippen LogP contribution in [0.25, 0.3) is 0 Å². The second-order valence-corrected chi connectivity index (χ2v) is 1.53. The van der Waals surface area contributed by atoms with E-state index in [-0.39, 0.29) is 6.10 Å². The van der Waals surface area contributed by atoms with E-state index in [1.807, 2.05) is 26.0 Å². The molecule has 0 aromatic heterocycles. The van der Waals surface area contributed by atoms with Gasteiger partial charge >= 0.3 is 0 Å². The van der Waals surface area contributed by atoms with Crippen LogP contribution < -0.4 is 0 Å². The summed E-state index contributed by atoms with van der Waals surface area (Å²) in [4.78, 5) is 0. The average molecular weight is 112 g/mol. The summed E-state index contributed by atoms with van der Waals surface area (Å²) in [5.41, 5.74) is 0. The molecular weight excluding hydrogens is 100 g/mol. The van der Waals surface area contributed by atoms with Gasteiger partial charge in [0.15, 0.2) is 0 Å². The molecule has 0 bridgehead atoms. The van der Waals surface area contributed by atoms with Crippen molar-refractivity contribution in [1.29, 1.82) is 0 Å². The van der Waals surface area contributed by atoms with Gasteiger partial charge in [0.05, 0.1) is 6.26 Å². The number of ether oxygens (including phenoxy) is 1. The first kappa shape index (κ1) is 7.28. The molecule has 1 atom stereocenters. The molecule has 0 unspecified atom stereocenters. The maximum Gasteiger partial charge on any atom is 0.113 e. The van der Waals surface area contributed by atoms with Crippen LogP contribution in [0, 0.1) is 0 Å². The number of hydrogen-bond donors (Lipinski definition) is 0. The topological polar surface area (TPSA) is 9.23 Å². The van der Waals surface area contributed by atoms with E-state index >= 15 is 0 Å². The van der Waals surface area contributed by atoms with E-state index in [1.165, 1.54) is 6.26 Å². The normalized spacial score (nSPS) is 13.8. The highest BCUT2D eigenvalue weighted by Gasteiger charge is 1.87. The lowest BCUT2D eigenvalue weighted by molar-refractivity contribution is 0.205. The molecule has 0 aliphatic carbocycles. The molecule has 0 heterocycles. The summed E-state index contributed by atoms with van der Waals surface area (Å²) in [7, 11) is 0. The molecule has 0 rings (SSSR count). The lowest BCUT2D eigenvalue weighted by Crippen LogP contribution is -1.96. The molecule has 0 spiro atoms. The Balaban J connectivity index is 3.31. The monoisotopic (exact) mass is 112 g/mol. The molecule has 0 saturated carbocycles. The zero-order valence-electron chi connectivity index (χ0n) is 5.42. The van der Waals surface area contributed by atoms with Gasteiger partial charge in [-0.15, -0.1) is 0 Å². The molecular formula is C7H12O. The van der Waals surface area contributed by atoms with E-state index in [0.717, 1.165) is 0 Å². The van der Waals surface area contributed by atoms with Crippen molar-refractivity contribution in [3.63, 3.8) is 0 Å². The summed E-state index contributed by atoms with van der Waals surface area (Å²) in [6.45, 7) is 7.35. The predicted octanol–water partition coefficient (Wildman–Crippen LogP) is 2.11. The Morgan fingerprint density at radius 1 is 1.62 bits per heavy atom. The fraction of sp³-hybridized carbons (Fsp3) is 0.429. The van der Waals surface area contributed by atoms with E-state index in [2.05, 4.69) is 6.58 Å². The van der Waals surface area contributed by atoms with Crippen molar-refractivity contribution < 1.29 is 4.74 Å². The van der Waals surface area contributed by atoms with Gasteiger partial charge in [-0.3, -0.25) is 0 Å². The van der Waals surface area contributed by atoms with Crippen LogP contribution in [0.4, 0.5) is 0 Å². The summed E-state index contributed by atoms with van der Waals surface area (Å²) in [6, 6.07) is 0. The summed E-state index contributed by atoms with van der Waals surface area (Å²) in [5.74, 6) is 0. The Morgan fingerprint density at radius 3 is 2.62 bits per heavy atom. The summed E-state index contributed by atoms with van der Waals surface area (Å²) >= 11 is 0. The van der Waals surface area contributed by atoms with Crippen LogP contribution in [-0.4, -0.2) is 6.10 Å². The third-order valence-electron chi connectivity index (χ3n) is 0.774. The molecule has 1 heteroatoms. The second-order valence-electron chi connectivity index (χ2n) is 1.53. The minimum absolute atomic E-state index is 0.164. The maximum absolute atomic E-state index is 4.96. The van der Waals surface area contributed by atoms with Crippen molar-refractivity contribution in [2.45, 2.75) is 20.0 Å². The molecule has 1 nitrogen and oxygen atoms in total. The lowest BCUT2D eigenvalue weighted by atomic mass is 10.4. The second kappa shape index (κ2) is 4.44. The SMILES string of the molecule is C=CO[C@@H](C)/C=C/C. The molecule has 8 heavy (non-hydrogen) atoms.